The SMILES string of the molecule is CNC(=O)CN(CCC(=O)O)CCC1=CCCCC1. The minimum absolute atomic E-state index is 0.0667. The number of rotatable bonds is 8. The van der Waals surface area contributed by atoms with Crippen LogP contribution in [0.4, 0.5) is 0 Å². The predicted octanol–water partition coefficient (Wildman–Crippen LogP) is 1.40. The number of carbonyl (C=O) groups excluding carboxylic acids is 1. The van der Waals surface area contributed by atoms with Crippen molar-refractivity contribution in [3.8, 4) is 0 Å². The van der Waals surface area contributed by atoms with E-state index in [0.717, 1.165) is 25.8 Å². The first kappa shape index (κ1) is 15.7. The standard InChI is InChI=1S/C14H24N2O3/c1-15-13(17)11-16(10-8-14(18)19)9-7-12-5-3-2-4-6-12/h5H,2-4,6-11H2,1H3,(H,15,17)(H,18,19). The Balaban J connectivity index is 2.40. The molecule has 0 aromatic heterocycles. The molecule has 0 saturated carbocycles. The number of carboxylic acids is 1. The summed E-state index contributed by atoms with van der Waals surface area (Å²) in [6, 6.07) is 0. The summed E-state index contributed by atoms with van der Waals surface area (Å²) in [5.41, 5.74) is 1.45. The average molecular weight is 268 g/mol. The molecule has 1 aliphatic rings. The molecule has 0 bridgehead atoms. The minimum atomic E-state index is -0.821. The third-order valence-corrected chi connectivity index (χ3v) is 3.42. The summed E-state index contributed by atoms with van der Waals surface area (Å²) < 4.78 is 0. The van der Waals surface area contributed by atoms with Crippen molar-refractivity contribution >= 4 is 11.9 Å². The van der Waals surface area contributed by atoms with Gasteiger partial charge in [0.2, 0.25) is 5.91 Å². The van der Waals surface area contributed by atoms with Gasteiger partial charge in [-0.25, -0.2) is 0 Å². The highest BCUT2D eigenvalue weighted by atomic mass is 16.4. The second-order valence-electron chi connectivity index (χ2n) is 4.95. The predicted molar refractivity (Wildman–Crippen MR) is 73.9 cm³/mol. The summed E-state index contributed by atoms with van der Waals surface area (Å²) >= 11 is 0. The Kier molecular flexibility index (Phi) is 7.18. The van der Waals surface area contributed by atoms with E-state index in [-0.39, 0.29) is 18.9 Å². The lowest BCUT2D eigenvalue weighted by molar-refractivity contribution is -0.137. The van der Waals surface area contributed by atoms with Crippen LogP contribution in [0.1, 0.15) is 38.5 Å². The van der Waals surface area contributed by atoms with E-state index in [1.165, 1.54) is 18.4 Å². The van der Waals surface area contributed by atoms with Gasteiger partial charge in [-0.05, 0) is 32.1 Å². The lowest BCUT2D eigenvalue weighted by atomic mass is 9.97. The van der Waals surface area contributed by atoms with Crippen molar-refractivity contribution in [2.45, 2.75) is 38.5 Å². The number of aliphatic carboxylic acids is 1. The van der Waals surface area contributed by atoms with Crippen molar-refractivity contribution in [2.24, 2.45) is 0 Å². The maximum absolute atomic E-state index is 11.4. The quantitative estimate of drug-likeness (QED) is 0.653. The lowest BCUT2D eigenvalue weighted by Crippen LogP contribution is -2.37. The summed E-state index contributed by atoms with van der Waals surface area (Å²) in [5, 5.41) is 11.3. The number of carbonyl (C=O) groups is 2. The summed E-state index contributed by atoms with van der Waals surface area (Å²) in [5.74, 6) is -0.887. The van der Waals surface area contributed by atoms with E-state index in [1.807, 2.05) is 4.90 Å². The fourth-order valence-electron chi connectivity index (χ4n) is 2.24. The van der Waals surface area contributed by atoms with Crippen LogP contribution in [0.15, 0.2) is 11.6 Å². The number of likely N-dealkylation sites (N-methyl/N-ethyl adjacent to an activating group) is 1. The maximum atomic E-state index is 11.4. The van der Waals surface area contributed by atoms with Crippen LogP contribution in [0.2, 0.25) is 0 Å². The van der Waals surface area contributed by atoms with Gasteiger partial charge in [0, 0.05) is 20.1 Å². The zero-order valence-electron chi connectivity index (χ0n) is 11.7. The van der Waals surface area contributed by atoms with Crippen LogP contribution < -0.4 is 5.32 Å². The van der Waals surface area contributed by atoms with Crippen molar-refractivity contribution in [3.63, 3.8) is 0 Å². The number of nitrogens with zero attached hydrogens (tertiary/aromatic N) is 1. The van der Waals surface area contributed by atoms with E-state index >= 15 is 0 Å². The van der Waals surface area contributed by atoms with Gasteiger partial charge >= 0.3 is 5.97 Å². The number of nitrogens with one attached hydrogen (secondary N) is 1. The smallest absolute Gasteiger partial charge is 0.304 e. The summed E-state index contributed by atoms with van der Waals surface area (Å²) in [4.78, 5) is 23.9. The largest absolute Gasteiger partial charge is 0.481 e. The maximum Gasteiger partial charge on any atom is 0.304 e. The Morgan fingerprint density at radius 1 is 1.37 bits per heavy atom. The molecule has 0 aromatic carbocycles. The Morgan fingerprint density at radius 2 is 2.16 bits per heavy atom. The zero-order valence-corrected chi connectivity index (χ0v) is 11.7. The molecule has 5 heteroatoms. The van der Waals surface area contributed by atoms with Gasteiger partial charge in [0.05, 0.1) is 13.0 Å². The molecule has 0 saturated heterocycles. The molecule has 0 unspecified atom stereocenters. The molecule has 0 aliphatic heterocycles. The average Bonchev–Trinajstić information content (AvgIpc) is 2.42. The van der Waals surface area contributed by atoms with Crippen LogP contribution >= 0.6 is 0 Å². The van der Waals surface area contributed by atoms with Gasteiger partial charge in [0.1, 0.15) is 0 Å². The van der Waals surface area contributed by atoms with E-state index in [4.69, 9.17) is 5.11 Å². The fourth-order valence-corrected chi connectivity index (χ4v) is 2.24. The van der Waals surface area contributed by atoms with Crippen molar-refractivity contribution in [3.05, 3.63) is 11.6 Å². The summed E-state index contributed by atoms with van der Waals surface area (Å²) in [6.07, 6.45) is 8.12. The van der Waals surface area contributed by atoms with Crippen LogP contribution in [0.3, 0.4) is 0 Å². The van der Waals surface area contributed by atoms with Crippen LogP contribution in [-0.4, -0.2) is 48.6 Å². The molecule has 5 nitrogen and oxygen atoms in total. The Bertz CT molecular complexity index is 340. The molecule has 0 aromatic rings. The molecular weight excluding hydrogens is 244 g/mol. The lowest BCUT2D eigenvalue weighted by Gasteiger charge is -2.22. The number of allylic oxidation sites excluding steroid dienone is 1. The van der Waals surface area contributed by atoms with E-state index in [1.54, 1.807) is 7.05 Å². The summed E-state index contributed by atoms with van der Waals surface area (Å²) in [7, 11) is 1.60. The van der Waals surface area contributed by atoms with Crippen molar-refractivity contribution in [2.75, 3.05) is 26.7 Å². The molecule has 108 valence electrons. The minimum Gasteiger partial charge on any atom is -0.481 e. The number of hydrogen-bond acceptors (Lipinski definition) is 3. The Morgan fingerprint density at radius 3 is 2.74 bits per heavy atom. The number of amides is 1. The van der Waals surface area contributed by atoms with E-state index in [9.17, 15) is 9.59 Å². The Hall–Kier alpha value is -1.36. The van der Waals surface area contributed by atoms with E-state index < -0.39 is 5.97 Å². The van der Waals surface area contributed by atoms with Gasteiger partial charge < -0.3 is 10.4 Å². The first-order valence-electron chi connectivity index (χ1n) is 6.94. The third kappa shape index (κ3) is 6.96. The zero-order chi connectivity index (χ0) is 14.1. The van der Waals surface area contributed by atoms with Crippen LogP contribution in [-0.2, 0) is 9.59 Å². The molecule has 0 fully saturated rings. The van der Waals surface area contributed by atoms with Crippen molar-refractivity contribution in [1.29, 1.82) is 0 Å². The molecule has 2 N–H and O–H groups in total. The molecule has 0 heterocycles. The van der Waals surface area contributed by atoms with Crippen LogP contribution in [0.25, 0.3) is 0 Å². The van der Waals surface area contributed by atoms with Crippen molar-refractivity contribution in [1.82, 2.24) is 10.2 Å². The Labute approximate surface area is 114 Å². The topological polar surface area (TPSA) is 69.6 Å². The number of carboxylic acid groups (broad SMARTS) is 1. The van der Waals surface area contributed by atoms with Gasteiger partial charge in [0.15, 0.2) is 0 Å². The molecule has 1 rings (SSSR count). The fraction of sp³-hybridized carbons (Fsp3) is 0.714. The highest BCUT2D eigenvalue weighted by Gasteiger charge is 2.12. The van der Waals surface area contributed by atoms with Gasteiger partial charge in [-0.1, -0.05) is 11.6 Å². The third-order valence-electron chi connectivity index (χ3n) is 3.42. The molecular formula is C14H24N2O3. The molecule has 1 amide bonds. The van der Waals surface area contributed by atoms with Gasteiger partial charge in [-0.2, -0.15) is 0 Å². The van der Waals surface area contributed by atoms with Crippen molar-refractivity contribution < 1.29 is 14.7 Å². The highest BCUT2D eigenvalue weighted by molar-refractivity contribution is 5.77. The monoisotopic (exact) mass is 268 g/mol. The van der Waals surface area contributed by atoms with Crippen LogP contribution in [0, 0.1) is 0 Å². The van der Waals surface area contributed by atoms with Gasteiger partial charge in [0.25, 0.3) is 0 Å². The van der Waals surface area contributed by atoms with Gasteiger partial charge in [-0.3, -0.25) is 14.5 Å². The highest BCUT2D eigenvalue weighted by Crippen LogP contribution is 2.20. The van der Waals surface area contributed by atoms with Gasteiger partial charge in [-0.15, -0.1) is 0 Å². The molecule has 0 radical (unpaired) electrons. The second kappa shape index (κ2) is 8.69. The molecule has 1 aliphatic carbocycles. The molecule has 0 atom stereocenters. The normalized spacial score (nSPS) is 15.2. The second-order valence-corrected chi connectivity index (χ2v) is 4.95. The number of hydrogen-bond donors (Lipinski definition) is 2. The summed E-state index contributed by atoms with van der Waals surface area (Å²) in [6.45, 7) is 1.46. The van der Waals surface area contributed by atoms with E-state index in [0.29, 0.717) is 6.54 Å². The van der Waals surface area contributed by atoms with E-state index in [2.05, 4.69) is 11.4 Å². The first-order valence-corrected chi connectivity index (χ1v) is 6.94. The molecule has 0 spiro atoms. The molecule has 19 heavy (non-hydrogen) atoms. The van der Waals surface area contributed by atoms with Crippen LogP contribution in [0.5, 0.6) is 0 Å². The first-order chi connectivity index (χ1) is 9.11.